The van der Waals surface area contributed by atoms with Gasteiger partial charge in [-0.1, -0.05) is 91.0 Å². The smallest absolute Gasteiger partial charge is 0.415 e. The van der Waals surface area contributed by atoms with Crippen LogP contribution in [0.1, 0.15) is 16.7 Å². The predicted octanol–water partition coefficient (Wildman–Crippen LogP) is 6.74. The molecule has 4 aromatic carbocycles. The third-order valence-corrected chi connectivity index (χ3v) is 6.76. The molecule has 0 spiro atoms. The summed E-state index contributed by atoms with van der Waals surface area (Å²) >= 11 is 0. The van der Waals surface area contributed by atoms with Crippen molar-refractivity contribution in [2.24, 2.45) is 0 Å². The van der Waals surface area contributed by atoms with E-state index in [1.54, 1.807) is 0 Å². The van der Waals surface area contributed by atoms with Crippen LogP contribution in [0.4, 0.5) is 30.1 Å². The number of hydrogen-bond acceptors (Lipinski definition) is 6. The van der Waals surface area contributed by atoms with Crippen LogP contribution in [0.5, 0.6) is 0 Å². The molecule has 10 heteroatoms. The maximum absolute atomic E-state index is 15.5. The third kappa shape index (κ3) is 7.88. The van der Waals surface area contributed by atoms with E-state index in [0.29, 0.717) is 0 Å². The molecule has 0 bridgehead atoms. The number of hydrogen-bond donors (Lipinski definition) is 1. The zero-order chi connectivity index (χ0) is 30.0. The Balaban J connectivity index is 1.24. The topological polar surface area (TPSA) is 97.4 Å². The molecule has 0 aromatic heterocycles. The monoisotopic (exact) mass is 583 g/mol. The maximum Gasteiger partial charge on any atom is 0.415 e. The molecule has 1 aliphatic rings. The molecule has 1 saturated heterocycles. The van der Waals surface area contributed by atoms with Gasteiger partial charge in [0.15, 0.2) is 0 Å². The molecule has 220 valence electrons. The lowest BCUT2D eigenvalue weighted by atomic mass is 10.1. The summed E-state index contributed by atoms with van der Waals surface area (Å²) in [6.45, 7) is 0.402. The number of carbonyl (C=O) groups is 3. The molecular weight excluding hydrogens is 553 g/mol. The number of ether oxygens (including phenoxy) is 3. The SMILES string of the molecule is O=C(Nc1ccc(N(C(=O)OCc2ccccc2)C2CN(C(=O)OCc3ccccc3)C2)c(F)c1)OCc1ccccc1. The van der Waals surface area contributed by atoms with Crippen molar-refractivity contribution in [2.75, 3.05) is 23.3 Å². The molecule has 4 aromatic rings. The number of halogens is 1. The second kappa shape index (κ2) is 14.0. The predicted molar refractivity (Wildman–Crippen MR) is 158 cm³/mol. The number of anilines is 2. The minimum atomic E-state index is -0.770. The van der Waals surface area contributed by atoms with Crippen LogP contribution in [0.25, 0.3) is 0 Å². The van der Waals surface area contributed by atoms with Crippen molar-refractivity contribution in [3.63, 3.8) is 0 Å². The molecule has 1 fully saturated rings. The second-order valence-corrected chi connectivity index (χ2v) is 9.86. The van der Waals surface area contributed by atoms with Crippen molar-refractivity contribution in [1.82, 2.24) is 4.90 Å². The van der Waals surface area contributed by atoms with Gasteiger partial charge in [0, 0.05) is 18.8 Å². The highest BCUT2D eigenvalue weighted by atomic mass is 19.1. The van der Waals surface area contributed by atoms with Crippen LogP contribution in [0.2, 0.25) is 0 Å². The summed E-state index contributed by atoms with van der Waals surface area (Å²) < 4.78 is 31.6. The number of likely N-dealkylation sites (tertiary alicyclic amines) is 1. The Morgan fingerprint density at radius 1 is 0.721 bits per heavy atom. The van der Waals surface area contributed by atoms with Gasteiger partial charge in [-0.25, -0.2) is 18.8 Å². The number of amides is 3. The molecule has 0 unspecified atom stereocenters. The summed E-state index contributed by atoms with van der Waals surface area (Å²) in [5.41, 5.74) is 2.52. The van der Waals surface area contributed by atoms with E-state index in [2.05, 4.69) is 5.32 Å². The molecule has 0 radical (unpaired) electrons. The second-order valence-electron chi connectivity index (χ2n) is 9.86. The van der Waals surface area contributed by atoms with E-state index in [0.717, 1.165) is 22.8 Å². The van der Waals surface area contributed by atoms with E-state index >= 15 is 4.39 Å². The summed E-state index contributed by atoms with van der Waals surface area (Å²) in [4.78, 5) is 40.8. The molecule has 5 rings (SSSR count). The summed E-state index contributed by atoms with van der Waals surface area (Å²) in [7, 11) is 0. The number of benzene rings is 4. The van der Waals surface area contributed by atoms with Crippen LogP contribution in [0.15, 0.2) is 109 Å². The first-order valence-corrected chi connectivity index (χ1v) is 13.7. The highest BCUT2D eigenvalue weighted by Gasteiger charge is 2.40. The lowest BCUT2D eigenvalue weighted by molar-refractivity contribution is 0.0632. The summed E-state index contributed by atoms with van der Waals surface area (Å²) in [6, 6.07) is 30.9. The average molecular weight is 584 g/mol. The van der Waals surface area contributed by atoms with Gasteiger partial charge in [0.25, 0.3) is 0 Å². The number of nitrogens with one attached hydrogen (secondary N) is 1. The summed E-state index contributed by atoms with van der Waals surface area (Å²) in [5, 5.41) is 2.50. The summed E-state index contributed by atoms with van der Waals surface area (Å²) in [5.74, 6) is -0.761. The van der Waals surface area contributed by atoms with Gasteiger partial charge in [0.05, 0.1) is 11.7 Å². The quantitative estimate of drug-likeness (QED) is 0.219. The molecular formula is C33H30FN3O6. The molecule has 0 saturated carbocycles. The third-order valence-electron chi connectivity index (χ3n) is 6.76. The Bertz CT molecular complexity index is 1530. The van der Waals surface area contributed by atoms with Crippen LogP contribution >= 0.6 is 0 Å². The van der Waals surface area contributed by atoms with E-state index in [1.165, 1.54) is 21.9 Å². The van der Waals surface area contributed by atoms with Gasteiger partial charge in [-0.15, -0.1) is 0 Å². The van der Waals surface area contributed by atoms with Crippen LogP contribution in [-0.4, -0.2) is 42.3 Å². The molecule has 3 amide bonds. The van der Waals surface area contributed by atoms with Gasteiger partial charge < -0.3 is 19.1 Å². The van der Waals surface area contributed by atoms with E-state index in [9.17, 15) is 14.4 Å². The molecule has 0 aliphatic carbocycles. The average Bonchev–Trinajstić information content (AvgIpc) is 3.01. The van der Waals surface area contributed by atoms with Crippen LogP contribution in [0, 0.1) is 5.82 Å². The van der Waals surface area contributed by atoms with Gasteiger partial charge in [0.1, 0.15) is 25.6 Å². The molecule has 9 nitrogen and oxygen atoms in total. The fraction of sp³-hybridized carbons (Fsp3) is 0.182. The minimum Gasteiger partial charge on any atom is -0.445 e. The molecule has 0 atom stereocenters. The van der Waals surface area contributed by atoms with E-state index in [1.807, 2.05) is 91.0 Å². The van der Waals surface area contributed by atoms with Gasteiger partial charge in [-0.2, -0.15) is 0 Å². The normalized spacial score (nSPS) is 12.5. The van der Waals surface area contributed by atoms with Gasteiger partial charge in [0.2, 0.25) is 0 Å². The highest BCUT2D eigenvalue weighted by molar-refractivity contribution is 5.90. The first-order chi connectivity index (χ1) is 21.0. The Morgan fingerprint density at radius 3 is 1.77 bits per heavy atom. The highest BCUT2D eigenvalue weighted by Crippen LogP contribution is 2.29. The van der Waals surface area contributed by atoms with Gasteiger partial charge >= 0.3 is 18.3 Å². The number of carbonyl (C=O) groups excluding carboxylic acids is 3. The Morgan fingerprint density at radius 2 is 1.23 bits per heavy atom. The Hall–Kier alpha value is -5.38. The van der Waals surface area contributed by atoms with Gasteiger partial charge in [-0.05, 0) is 34.9 Å². The molecule has 1 aliphatic heterocycles. The van der Waals surface area contributed by atoms with E-state index in [-0.39, 0.29) is 44.3 Å². The van der Waals surface area contributed by atoms with E-state index < -0.39 is 30.1 Å². The number of rotatable bonds is 9. The fourth-order valence-electron chi connectivity index (χ4n) is 4.47. The maximum atomic E-state index is 15.5. The first-order valence-electron chi connectivity index (χ1n) is 13.7. The summed E-state index contributed by atoms with van der Waals surface area (Å²) in [6.07, 6.45) is -2.06. The largest absolute Gasteiger partial charge is 0.445 e. The number of nitrogens with zero attached hydrogens (tertiary/aromatic N) is 2. The standard InChI is InChI=1S/C33H30FN3O6/c34-29-18-27(35-31(38)41-21-24-10-4-1-5-11-24)16-17-30(29)37(33(40)43-23-26-14-8-3-9-15-26)28-19-36(20-28)32(39)42-22-25-12-6-2-7-13-25/h1-18,28H,19-23H2,(H,35,38). The lowest BCUT2D eigenvalue weighted by Gasteiger charge is -2.43. The zero-order valence-corrected chi connectivity index (χ0v) is 23.2. The van der Waals surface area contributed by atoms with Crippen LogP contribution in [-0.2, 0) is 34.0 Å². The minimum absolute atomic E-state index is 0.0137. The van der Waals surface area contributed by atoms with Crippen LogP contribution in [0.3, 0.4) is 0 Å². The molecule has 1 heterocycles. The molecule has 1 N–H and O–H groups in total. The van der Waals surface area contributed by atoms with Gasteiger partial charge in [-0.3, -0.25) is 10.2 Å². The fourth-order valence-corrected chi connectivity index (χ4v) is 4.47. The van der Waals surface area contributed by atoms with Crippen molar-refractivity contribution >= 4 is 29.7 Å². The molecule has 43 heavy (non-hydrogen) atoms. The zero-order valence-electron chi connectivity index (χ0n) is 23.2. The Kier molecular flexibility index (Phi) is 9.48. The lowest BCUT2D eigenvalue weighted by Crippen LogP contribution is -2.63. The van der Waals surface area contributed by atoms with Crippen molar-refractivity contribution in [1.29, 1.82) is 0 Å². The van der Waals surface area contributed by atoms with Crippen molar-refractivity contribution < 1.29 is 33.0 Å². The van der Waals surface area contributed by atoms with E-state index in [4.69, 9.17) is 14.2 Å². The van der Waals surface area contributed by atoms with Crippen molar-refractivity contribution in [3.8, 4) is 0 Å². The van der Waals surface area contributed by atoms with Crippen molar-refractivity contribution in [2.45, 2.75) is 25.9 Å². The van der Waals surface area contributed by atoms with Crippen LogP contribution < -0.4 is 10.2 Å². The van der Waals surface area contributed by atoms with Crippen molar-refractivity contribution in [3.05, 3.63) is 132 Å². The Labute approximate surface area is 248 Å². The first kappa shape index (κ1) is 29.1.